The minimum absolute atomic E-state index is 0.567. The molecule has 0 aromatic rings. The summed E-state index contributed by atoms with van der Waals surface area (Å²) in [5.74, 6) is 0. The van der Waals surface area contributed by atoms with E-state index in [4.69, 9.17) is 5.73 Å². The maximum atomic E-state index is 4.85. The van der Waals surface area contributed by atoms with Gasteiger partial charge in [0.15, 0.2) is 0 Å². The second kappa shape index (κ2) is 14.1. The number of nitrogens with zero attached hydrogens (tertiary/aromatic N) is 1. The summed E-state index contributed by atoms with van der Waals surface area (Å²) in [6.45, 7) is 8.21. The Kier molecular flexibility index (Phi) is 16.2. The number of rotatable bonds is 0. The van der Waals surface area contributed by atoms with Gasteiger partial charge in [0.2, 0.25) is 0 Å². The van der Waals surface area contributed by atoms with E-state index in [0.717, 1.165) is 0 Å². The summed E-state index contributed by atoms with van der Waals surface area (Å²) in [6.07, 6.45) is 3.96. The van der Waals surface area contributed by atoms with Crippen LogP contribution in [0.5, 0.6) is 0 Å². The molecule has 1 fully saturated rings. The standard InChI is InChI=1S/C4H9N.C3H6N2S.C2H6/c1-2-4-5-3-1;1-3(6)5-2-4;1-2/h5H,1-4H2;2H,1H3,(H2,4,5,6);1-2H3. The fourth-order valence-electron chi connectivity index (χ4n) is 0.730. The molecule has 1 rings (SSSR count). The third-order valence-electron chi connectivity index (χ3n) is 1.21. The average molecular weight is 203 g/mol. The first-order valence-corrected chi connectivity index (χ1v) is 5.13. The molecular weight excluding hydrogens is 182 g/mol. The van der Waals surface area contributed by atoms with Crippen LogP contribution in [0, 0.1) is 0 Å². The van der Waals surface area contributed by atoms with Crippen LogP contribution in [0.25, 0.3) is 0 Å². The van der Waals surface area contributed by atoms with Gasteiger partial charge in [-0.2, -0.15) is 0 Å². The highest BCUT2D eigenvalue weighted by Gasteiger charge is 1.93. The highest BCUT2D eigenvalue weighted by Crippen LogP contribution is 1.90. The van der Waals surface area contributed by atoms with Gasteiger partial charge in [-0.3, -0.25) is 0 Å². The van der Waals surface area contributed by atoms with Crippen LogP contribution in [0.3, 0.4) is 0 Å². The number of thiocarbonyl (C=S) groups is 1. The molecule has 0 radical (unpaired) electrons. The molecule has 0 aliphatic carbocycles. The van der Waals surface area contributed by atoms with Crippen LogP contribution >= 0.6 is 12.2 Å². The van der Waals surface area contributed by atoms with Crippen LogP contribution in [-0.2, 0) is 0 Å². The van der Waals surface area contributed by atoms with E-state index in [1.807, 2.05) is 13.8 Å². The predicted molar refractivity (Wildman–Crippen MR) is 64.4 cm³/mol. The highest BCUT2D eigenvalue weighted by molar-refractivity contribution is 7.80. The Morgan fingerprint density at radius 1 is 1.38 bits per heavy atom. The highest BCUT2D eigenvalue weighted by atomic mass is 32.1. The van der Waals surface area contributed by atoms with Crippen molar-refractivity contribution in [3.8, 4) is 0 Å². The van der Waals surface area contributed by atoms with E-state index in [0.29, 0.717) is 4.99 Å². The lowest BCUT2D eigenvalue weighted by molar-refractivity contribution is 0.857. The largest absolute Gasteiger partial charge is 0.390 e. The predicted octanol–water partition coefficient (Wildman–Crippen LogP) is 1.72. The zero-order chi connectivity index (χ0) is 10.5. The van der Waals surface area contributed by atoms with Crippen LogP contribution in [0.2, 0.25) is 0 Å². The number of hydrogen-bond acceptors (Lipinski definition) is 2. The maximum absolute atomic E-state index is 4.85. The third kappa shape index (κ3) is 18.5. The lowest BCUT2D eigenvalue weighted by Gasteiger charge is -1.76. The van der Waals surface area contributed by atoms with Gasteiger partial charge in [-0.1, -0.05) is 26.1 Å². The lowest BCUT2D eigenvalue weighted by atomic mass is 10.4. The van der Waals surface area contributed by atoms with E-state index in [1.54, 1.807) is 6.92 Å². The van der Waals surface area contributed by atoms with Crippen LogP contribution in [0.1, 0.15) is 33.6 Å². The fraction of sp³-hybridized carbons (Fsp3) is 0.778. The first-order chi connectivity index (χ1) is 6.27. The molecule has 1 aliphatic heterocycles. The van der Waals surface area contributed by atoms with E-state index in [1.165, 1.54) is 32.3 Å². The molecule has 1 saturated heterocycles. The monoisotopic (exact) mass is 203 g/mol. The summed E-state index contributed by atoms with van der Waals surface area (Å²) in [4.78, 5) is 4.08. The summed E-state index contributed by atoms with van der Waals surface area (Å²) in [6, 6.07) is 0. The minimum Gasteiger partial charge on any atom is -0.390 e. The van der Waals surface area contributed by atoms with Gasteiger partial charge in [-0.05, 0) is 32.9 Å². The molecular formula is C9H21N3S. The van der Waals surface area contributed by atoms with Gasteiger partial charge in [-0.25, -0.2) is 4.99 Å². The van der Waals surface area contributed by atoms with Crippen LogP contribution in [0.15, 0.2) is 4.99 Å². The summed E-state index contributed by atoms with van der Waals surface area (Å²) in [5, 5.41) is 3.22. The van der Waals surface area contributed by atoms with E-state index >= 15 is 0 Å². The van der Waals surface area contributed by atoms with Crippen molar-refractivity contribution in [1.82, 2.24) is 5.32 Å². The molecule has 0 aromatic carbocycles. The molecule has 0 atom stereocenters. The summed E-state index contributed by atoms with van der Waals surface area (Å²) in [7, 11) is 0. The zero-order valence-electron chi connectivity index (χ0n) is 8.84. The Balaban J connectivity index is 0. The van der Waals surface area contributed by atoms with E-state index in [9.17, 15) is 0 Å². The number of hydrogen-bond donors (Lipinski definition) is 2. The number of nitrogens with one attached hydrogen (secondary N) is 1. The average Bonchev–Trinajstić information content (AvgIpc) is 2.64. The second-order valence-electron chi connectivity index (χ2n) is 2.25. The molecule has 3 N–H and O–H groups in total. The van der Waals surface area contributed by atoms with Crippen LogP contribution < -0.4 is 11.1 Å². The molecule has 4 heteroatoms. The normalized spacial score (nSPS) is 14.1. The Labute approximate surface area is 86.8 Å². The van der Waals surface area contributed by atoms with E-state index in [-0.39, 0.29) is 0 Å². The van der Waals surface area contributed by atoms with Gasteiger partial charge in [0.05, 0.1) is 6.34 Å². The minimum atomic E-state index is 0.567. The Morgan fingerprint density at radius 3 is 1.92 bits per heavy atom. The first-order valence-electron chi connectivity index (χ1n) is 4.73. The molecule has 0 saturated carbocycles. The topological polar surface area (TPSA) is 50.4 Å². The molecule has 78 valence electrons. The molecule has 3 nitrogen and oxygen atoms in total. The third-order valence-corrected chi connectivity index (χ3v) is 1.32. The molecule has 13 heavy (non-hydrogen) atoms. The molecule has 1 aliphatic rings. The van der Waals surface area contributed by atoms with Crippen molar-refractivity contribution in [2.75, 3.05) is 13.1 Å². The van der Waals surface area contributed by atoms with Crippen molar-refractivity contribution >= 4 is 23.5 Å². The number of nitrogens with two attached hydrogens (primary N) is 1. The van der Waals surface area contributed by atoms with Crippen molar-refractivity contribution < 1.29 is 0 Å². The summed E-state index contributed by atoms with van der Waals surface area (Å²) >= 11 is 4.52. The van der Waals surface area contributed by atoms with Gasteiger partial charge in [0.1, 0.15) is 4.99 Å². The van der Waals surface area contributed by atoms with E-state index < -0.39 is 0 Å². The molecule has 0 spiro atoms. The Bertz CT molecular complexity index is 123. The van der Waals surface area contributed by atoms with Gasteiger partial charge in [0.25, 0.3) is 0 Å². The summed E-state index contributed by atoms with van der Waals surface area (Å²) < 4.78 is 0. The van der Waals surface area contributed by atoms with Crippen LogP contribution in [-0.4, -0.2) is 24.4 Å². The van der Waals surface area contributed by atoms with Crippen molar-refractivity contribution in [1.29, 1.82) is 0 Å². The van der Waals surface area contributed by atoms with Crippen molar-refractivity contribution in [2.24, 2.45) is 10.7 Å². The Morgan fingerprint density at radius 2 is 1.85 bits per heavy atom. The van der Waals surface area contributed by atoms with Crippen LogP contribution in [0.4, 0.5) is 0 Å². The molecule has 0 bridgehead atoms. The molecule has 0 aromatic heterocycles. The second-order valence-corrected chi connectivity index (χ2v) is 2.85. The molecule has 1 heterocycles. The van der Waals surface area contributed by atoms with E-state index in [2.05, 4.69) is 22.5 Å². The van der Waals surface area contributed by atoms with Gasteiger partial charge in [0, 0.05) is 0 Å². The lowest BCUT2D eigenvalue weighted by Crippen LogP contribution is -2.03. The number of aliphatic imine (C=N–C) groups is 1. The molecule has 0 unspecified atom stereocenters. The SMILES string of the molecule is C1CCNC1.CC.CC(=S)N=CN. The van der Waals surface area contributed by atoms with Crippen molar-refractivity contribution in [3.05, 3.63) is 0 Å². The van der Waals surface area contributed by atoms with Crippen molar-refractivity contribution in [3.63, 3.8) is 0 Å². The summed E-state index contributed by atoms with van der Waals surface area (Å²) in [5.41, 5.74) is 4.85. The van der Waals surface area contributed by atoms with Gasteiger partial charge in [-0.15, -0.1) is 0 Å². The van der Waals surface area contributed by atoms with Gasteiger partial charge < -0.3 is 11.1 Å². The van der Waals surface area contributed by atoms with Gasteiger partial charge >= 0.3 is 0 Å². The fourth-order valence-corrected chi connectivity index (χ4v) is 0.791. The smallest absolute Gasteiger partial charge is 0.102 e. The van der Waals surface area contributed by atoms with Crippen molar-refractivity contribution in [2.45, 2.75) is 33.6 Å². The maximum Gasteiger partial charge on any atom is 0.102 e. The first kappa shape index (κ1) is 15.0. The molecule has 0 amide bonds. The zero-order valence-corrected chi connectivity index (χ0v) is 9.66. The quantitative estimate of drug-likeness (QED) is 0.358. The Hall–Kier alpha value is -0.480.